The van der Waals surface area contributed by atoms with E-state index in [9.17, 15) is 4.79 Å². The smallest absolute Gasteiger partial charge is 0.255 e. The largest absolute Gasteiger partial charge is 0.331 e. The Kier molecular flexibility index (Phi) is 2.58. The van der Waals surface area contributed by atoms with Crippen LogP contribution >= 0.6 is 0 Å². The zero-order chi connectivity index (χ0) is 13.5. The van der Waals surface area contributed by atoms with E-state index in [-0.39, 0.29) is 5.91 Å². The number of rotatable bonds is 1. The van der Waals surface area contributed by atoms with Crippen molar-refractivity contribution >= 4 is 5.91 Å². The molecule has 0 spiro atoms. The first-order valence-corrected chi connectivity index (χ1v) is 7.09. The van der Waals surface area contributed by atoms with Gasteiger partial charge in [-0.2, -0.15) is 5.10 Å². The molecular weight excluding hydrogens is 252 g/mol. The lowest BCUT2D eigenvalue weighted by Crippen LogP contribution is -2.38. The molecule has 4 rings (SSSR count). The molecule has 5 heteroatoms. The number of hydrogen-bond acceptors (Lipinski definition) is 3. The van der Waals surface area contributed by atoms with Gasteiger partial charge in [0.25, 0.3) is 5.91 Å². The molecule has 0 fully saturated rings. The molecule has 2 aromatic heterocycles. The minimum absolute atomic E-state index is 0.0669. The maximum absolute atomic E-state index is 12.5. The molecular formula is C15H16N4O. The monoisotopic (exact) mass is 268 g/mol. The molecule has 20 heavy (non-hydrogen) atoms. The Hall–Kier alpha value is -2.17. The van der Waals surface area contributed by atoms with Gasteiger partial charge in [0, 0.05) is 18.9 Å². The Morgan fingerprint density at radius 1 is 1.25 bits per heavy atom. The highest BCUT2D eigenvalue weighted by molar-refractivity contribution is 5.93. The third-order valence-corrected chi connectivity index (χ3v) is 4.21. The second-order valence-corrected chi connectivity index (χ2v) is 5.42. The van der Waals surface area contributed by atoms with E-state index in [1.54, 1.807) is 18.5 Å². The van der Waals surface area contributed by atoms with Gasteiger partial charge >= 0.3 is 0 Å². The third kappa shape index (κ3) is 1.73. The van der Waals surface area contributed by atoms with E-state index in [0.29, 0.717) is 12.1 Å². The SMILES string of the molecule is O=C(c1cccnc1)N1CCn2nc3c(c2C1)CCC3. The van der Waals surface area contributed by atoms with Crippen LogP contribution in [-0.4, -0.2) is 32.1 Å². The van der Waals surface area contributed by atoms with Crippen molar-refractivity contribution in [2.75, 3.05) is 6.54 Å². The number of amides is 1. The van der Waals surface area contributed by atoms with Crippen LogP contribution in [0.1, 0.15) is 33.7 Å². The van der Waals surface area contributed by atoms with Crippen molar-refractivity contribution in [3.8, 4) is 0 Å². The van der Waals surface area contributed by atoms with Gasteiger partial charge < -0.3 is 4.90 Å². The number of fused-ring (bicyclic) bond motifs is 3. The van der Waals surface area contributed by atoms with E-state index < -0.39 is 0 Å². The molecule has 0 aromatic carbocycles. The van der Waals surface area contributed by atoms with Crippen LogP contribution < -0.4 is 0 Å². The lowest BCUT2D eigenvalue weighted by Gasteiger charge is -2.28. The van der Waals surface area contributed by atoms with Crippen LogP contribution in [0.2, 0.25) is 0 Å². The fourth-order valence-electron chi connectivity index (χ4n) is 3.19. The van der Waals surface area contributed by atoms with Crippen molar-refractivity contribution in [1.29, 1.82) is 0 Å². The van der Waals surface area contributed by atoms with Gasteiger partial charge in [-0.15, -0.1) is 0 Å². The molecule has 2 aliphatic rings. The molecule has 1 amide bonds. The van der Waals surface area contributed by atoms with Gasteiger partial charge in [-0.3, -0.25) is 14.5 Å². The van der Waals surface area contributed by atoms with E-state index in [4.69, 9.17) is 0 Å². The highest BCUT2D eigenvalue weighted by Gasteiger charge is 2.28. The molecule has 3 heterocycles. The number of nitrogens with zero attached hydrogens (tertiary/aromatic N) is 4. The molecule has 0 radical (unpaired) electrons. The third-order valence-electron chi connectivity index (χ3n) is 4.21. The number of hydrogen-bond donors (Lipinski definition) is 0. The molecule has 2 aromatic rings. The Labute approximate surface area is 117 Å². The second-order valence-electron chi connectivity index (χ2n) is 5.42. The fourth-order valence-corrected chi connectivity index (χ4v) is 3.19. The van der Waals surface area contributed by atoms with E-state index in [2.05, 4.69) is 14.8 Å². The van der Waals surface area contributed by atoms with Crippen LogP contribution in [0.25, 0.3) is 0 Å². The average Bonchev–Trinajstić information content (AvgIpc) is 3.07. The van der Waals surface area contributed by atoms with Gasteiger partial charge in [0.1, 0.15) is 0 Å². The van der Waals surface area contributed by atoms with Gasteiger partial charge in [-0.25, -0.2) is 0 Å². The van der Waals surface area contributed by atoms with Crippen LogP contribution in [0.15, 0.2) is 24.5 Å². The maximum atomic E-state index is 12.5. The minimum atomic E-state index is 0.0669. The van der Waals surface area contributed by atoms with Crippen LogP contribution in [0.5, 0.6) is 0 Å². The number of aromatic nitrogens is 3. The van der Waals surface area contributed by atoms with Crippen LogP contribution in [-0.2, 0) is 25.9 Å². The molecule has 1 aliphatic heterocycles. The predicted molar refractivity (Wildman–Crippen MR) is 73.2 cm³/mol. The summed E-state index contributed by atoms with van der Waals surface area (Å²) in [5, 5.41) is 4.66. The normalized spacial score (nSPS) is 16.9. The summed E-state index contributed by atoms with van der Waals surface area (Å²) in [6.45, 7) is 2.20. The van der Waals surface area contributed by atoms with Crippen molar-refractivity contribution in [2.45, 2.75) is 32.4 Å². The number of carbonyl (C=O) groups excluding carboxylic acids is 1. The maximum Gasteiger partial charge on any atom is 0.255 e. The quantitative estimate of drug-likeness (QED) is 0.786. The Morgan fingerprint density at radius 3 is 3.05 bits per heavy atom. The van der Waals surface area contributed by atoms with Crippen LogP contribution in [0, 0.1) is 0 Å². The molecule has 0 bridgehead atoms. The zero-order valence-electron chi connectivity index (χ0n) is 11.2. The van der Waals surface area contributed by atoms with Crippen molar-refractivity contribution in [3.05, 3.63) is 47.0 Å². The van der Waals surface area contributed by atoms with Gasteiger partial charge in [0.2, 0.25) is 0 Å². The molecule has 0 saturated carbocycles. The van der Waals surface area contributed by atoms with Crippen molar-refractivity contribution in [3.63, 3.8) is 0 Å². The molecule has 1 aliphatic carbocycles. The van der Waals surface area contributed by atoms with Crippen LogP contribution in [0.3, 0.4) is 0 Å². The summed E-state index contributed by atoms with van der Waals surface area (Å²) in [4.78, 5) is 18.4. The summed E-state index contributed by atoms with van der Waals surface area (Å²) in [5.41, 5.74) is 4.53. The summed E-state index contributed by atoms with van der Waals surface area (Å²) >= 11 is 0. The predicted octanol–water partition coefficient (Wildman–Crippen LogP) is 1.42. The average molecular weight is 268 g/mol. The molecule has 102 valence electrons. The summed E-state index contributed by atoms with van der Waals surface area (Å²) < 4.78 is 2.09. The molecule has 5 nitrogen and oxygen atoms in total. The highest BCUT2D eigenvalue weighted by atomic mass is 16.2. The van der Waals surface area contributed by atoms with Crippen molar-refractivity contribution in [1.82, 2.24) is 19.7 Å². The fraction of sp³-hybridized carbons (Fsp3) is 0.400. The first-order chi connectivity index (χ1) is 9.83. The number of carbonyl (C=O) groups is 1. The standard InChI is InChI=1S/C15H16N4O/c20-15(11-3-2-6-16-9-11)18-7-8-19-14(10-18)12-4-1-5-13(12)17-19/h2-3,6,9H,1,4-5,7-8,10H2. The summed E-state index contributed by atoms with van der Waals surface area (Å²) in [7, 11) is 0. The number of pyridine rings is 1. The minimum Gasteiger partial charge on any atom is -0.331 e. The highest BCUT2D eigenvalue weighted by Crippen LogP contribution is 2.28. The van der Waals surface area contributed by atoms with E-state index in [1.807, 2.05) is 11.0 Å². The number of aryl methyl sites for hydroxylation is 1. The molecule has 0 saturated heterocycles. The van der Waals surface area contributed by atoms with Gasteiger partial charge in [-0.05, 0) is 37.0 Å². The van der Waals surface area contributed by atoms with Gasteiger partial charge in [0.05, 0.1) is 30.0 Å². The summed E-state index contributed by atoms with van der Waals surface area (Å²) in [5.74, 6) is 0.0669. The Morgan fingerprint density at radius 2 is 2.20 bits per heavy atom. The Bertz CT molecular complexity index is 662. The second kappa shape index (κ2) is 4.44. The lowest BCUT2D eigenvalue weighted by molar-refractivity contribution is 0.0705. The van der Waals surface area contributed by atoms with Crippen molar-refractivity contribution in [2.24, 2.45) is 0 Å². The van der Waals surface area contributed by atoms with Gasteiger partial charge in [0.15, 0.2) is 0 Å². The zero-order valence-corrected chi connectivity index (χ0v) is 11.2. The molecule has 0 N–H and O–H groups in total. The molecule has 0 unspecified atom stereocenters. The first kappa shape index (κ1) is 11.6. The molecule has 0 atom stereocenters. The van der Waals surface area contributed by atoms with E-state index in [1.165, 1.54) is 23.4 Å². The summed E-state index contributed by atoms with van der Waals surface area (Å²) in [6, 6.07) is 3.63. The van der Waals surface area contributed by atoms with E-state index in [0.717, 1.165) is 25.9 Å². The Balaban J connectivity index is 1.62. The van der Waals surface area contributed by atoms with E-state index >= 15 is 0 Å². The van der Waals surface area contributed by atoms with Crippen LogP contribution in [0.4, 0.5) is 0 Å². The lowest BCUT2D eigenvalue weighted by atomic mass is 10.1. The van der Waals surface area contributed by atoms with Gasteiger partial charge in [-0.1, -0.05) is 0 Å². The first-order valence-electron chi connectivity index (χ1n) is 7.09. The van der Waals surface area contributed by atoms with Crippen molar-refractivity contribution < 1.29 is 4.79 Å². The summed E-state index contributed by atoms with van der Waals surface area (Å²) in [6.07, 6.45) is 6.72. The topological polar surface area (TPSA) is 51.0 Å².